The molecule has 3 aromatic rings. The molecule has 26 heavy (non-hydrogen) atoms. The van der Waals surface area contributed by atoms with E-state index in [0.29, 0.717) is 16.5 Å². The first kappa shape index (κ1) is 18.3. The van der Waals surface area contributed by atoms with Gasteiger partial charge in [-0.3, -0.25) is 4.98 Å². The second kappa shape index (κ2) is 6.69. The Hall–Kier alpha value is -2.45. The molecule has 1 aromatic heterocycles. The number of pyridine rings is 1. The van der Waals surface area contributed by atoms with E-state index in [1.165, 1.54) is 18.2 Å². The molecule has 0 unspecified atom stereocenters. The highest BCUT2D eigenvalue weighted by molar-refractivity contribution is 7.89. The molecule has 0 bridgehead atoms. The van der Waals surface area contributed by atoms with E-state index in [0.717, 1.165) is 17.7 Å². The zero-order valence-electron chi connectivity index (χ0n) is 13.7. The number of sulfonamides is 1. The van der Waals surface area contributed by atoms with Crippen LogP contribution in [0.4, 0.5) is 13.2 Å². The first-order valence-corrected chi connectivity index (χ1v) is 9.17. The summed E-state index contributed by atoms with van der Waals surface area (Å²) in [6.45, 7) is 1.72. The average Bonchev–Trinajstić information content (AvgIpc) is 2.60. The largest absolute Gasteiger partial charge is 0.416 e. The lowest BCUT2D eigenvalue weighted by molar-refractivity contribution is -0.137. The third-order valence-corrected chi connectivity index (χ3v) is 5.43. The van der Waals surface area contributed by atoms with E-state index >= 15 is 0 Å². The summed E-state index contributed by atoms with van der Waals surface area (Å²) in [5.41, 5.74) is 1.09. The minimum Gasteiger partial charge on any atom is -0.256 e. The van der Waals surface area contributed by atoms with Crippen LogP contribution in [0.3, 0.4) is 0 Å². The van der Waals surface area contributed by atoms with Gasteiger partial charge in [-0.05, 0) is 48.4 Å². The highest BCUT2D eigenvalue weighted by Crippen LogP contribution is 2.29. The zero-order valence-corrected chi connectivity index (χ0v) is 14.5. The van der Waals surface area contributed by atoms with Crippen LogP contribution in [0.25, 0.3) is 10.9 Å². The maximum atomic E-state index is 12.6. The lowest BCUT2D eigenvalue weighted by Crippen LogP contribution is -2.23. The molecule has 0 radical (unpaired) electrons. The van der Waals surface area contributed by atoms with Gasteiger partial charge < -0.3 is 0 Å². The maximum absolute atomic E-state index is 12.6. The Morgan fingerprint density at radius 3 is 2.38 bits per heavy atom. The number of nitrogens with zero attached hydrogens (tertiary/aromatic N) is 1. The van der Waals surface area contributed by atoms with Gasteiger partial charge in [0, 0.05) is 18.1 Å². The van der Waals surface area contributed by atoms with E-state index in [4.69, 9.17) is 0 Å². The van der Waals surface area contributed by atoms with Crippen molar-refractivity contribution in [3.05, 3.63) is 71.4 Å². The van der Waals surface area contributed by atoms with E-state index in [2.05, 4.69) is 9.71 Å². The van der Waals surface area contributed by atoms with Crippen molar-refractivity contribution in [3.63, 3.8) is 0 Å². The normalized spacial score (nSPS) is 12.5. The van der Waals surface area contributed by atoms with Crippen molar-refractivity contribution in [1.82, 2.24) is 9.71 Å². The molecule has 0 aliphatic heterocycles. The van der Waals surface area contributed by atoms with Gasteiger partial charge in [0.25, 0.3) is 0 Å². The van der Waals surface area contributed by atoms with Crippen LogP contribution >= 0.6 is 0 Å². The number of rotatable bonds is 4. The monoisotopic (exact) mass is 380 g/mol. The number of benzene rings is 2. The van der Waals surface area contributed by atoms with Crippen LogP contribution in [0.5, 0.6) is 0 Å². The Morgan fingerprint density at radius 1 is 1.04 bits per heavy atom. The van der Waals surface area contributed by atoms with Crippen molar-refractivity contribution in [2.24, 2.45) is 0 Å². The minimum atomic E-state index is -4.42. The molecule has 0 saturated heterocycles. The Balaban J connectivity index is 1.85. The van der Waals surface area contributed by atoms with Crippen LogP contribution in [0.2, 0.25) is 0 Å². The predicted octanol–water partition coefficient (Wildman–Crippen LogP) is 4.04. The summed E-state index contributed by atoms with van der Waals surface area (Å²) in [5.74, 6) is 0. The molecule has 0 saturated carbocycles. The Morgan fingerprint density at radius 2 is 1.73 bits per heavy atom. The third-order valence-electron chi connectivity index (χ3n) is 3.97. The molecule has 0 spiro atoms. The van der Waals surface area contributed by atoms with Gasteiger partial charge >= 0.3 is 6.18 Å². The van der Waals surface area contributed by atoms with Gasteiger partial charge in [-0.25, -0.2) is 13.1 Å². The molecule has 3 rings (SSSR count). The molecule has 0 fully saturated rings. The van der Waals surface area contributed by atoms with E-state index in [1.807, 2.05) is 6.92 Å². The van der Waals surface area contributed by atoms with Crippen molar-refractivity contribution in [2.75, 3.05) is 0 Å². The summed E-state index contributed by atoms with van der Waals surface area (Å²) in [6.07, 6.45) is -2.84. The molecule has 1 heterocycles. The number of hydrogen-bond acceptors (Lipinski definition) is 3. The smallest absolute Gasteiger partial charge is 0.256 e. The molecule has 1 N–H and O–H groups in total. The van der Waals surface area contributed by atoms with Crippen molar-refractivity contribution in [3.8, 4) is 0 Å². The lowest BCUT2D eigenvalue weighted by atomic mass is 10.1. The number of aryl methyl sites for hydroxylation is 1. The highest BCUT2D eigenvalue weighted by atomic mass is 32.2. The zero-order chi connectivity index (χ0) is 18.9. The molecule has 0 aliphatic rings. The van der Waals surface area contributed by atoms with Gasteiger partial charge in [-0.2, -0.15) is 13.2 Å². The summed E-state index contributed by atoms with van der Waals surface area (Å²) >= 11 is 0. The van der Waals surface area contributed by atoms with Crippen molar-refractivity contribution in [2.45, 2.75) is 24.5 Å². The van der Waals surface area contributed by atoms with Crippen molar-refractivity contribution < 1.29 is 21.6 Å². The standard InChI is InChI=1S/C18H15F3N2O2S/c1-12-4-9-16(15-3-2-10-22-17(12)15)26(24,25)23-11-13-5-7-14(8-6-13)18(19,20)21/h2-10,23H,11H2,1H3. The van der Waals surface area contributed by atoms with Gasteiger partial charge in [0.15, 0.2) is 0 Å². The van der Waals surface area contributed by atoms with Crippen LogP contribution in [0.1, 0.15) is 16.7 Å². The van der Waals surface area contributed by atoms with Crippen LogP contribution in [0.15, 0.2) is 59.6 Å². The van der Waals surface area contributed by atoms with Gasteiger partial charge in [0.2, 0.25) is 10.0 Å². The van der Waals surface area contributed by atoms with Crippen LogP contribution < -0.4 is 4.72 Å². The second-order valence-corrected chi connectivity index (χ2v) is 7.53. The Labute approximate surface area is 148 Å². The van der Waals surface area contributed by atoms with Gasteiger partial charge in [0.1, 0.15) is 0 Å². The molecule has 0 aliphatic carbocycles. The number of aromatic nitrogens is 1. The predicted molar refractivity (Wildman–Crippen MR) is 91.9 cm³/mol. The Kier molecular flexibility index (Phi) is 4.72. The molecule has 0 atom stereocenters. The summed E-state index contributed by atoms with van der Waals surface area (Å²) < 4.78 is 65.4. The molecule has 4 nitrogen and oxygen atoms in total. The first-order chi connectivity index (χ1) is 12.2. The van der Waals surface area contributed by atoms with Gasteiger partial charge in [-0.15, -0.1) is 0 Å². The van der Waals surface area contributed by atoms with Crippen LogP contribution in [-0.4, -0.2) is 13.4 Å². The summed E-state index contributed by atoms with van der Waals surface area (Å²) in [4.78, 5) is 4.29. The SMILES string of the molecule is Cc1ccc(S(=O)(=O)NCc2ccc(C(F)(F)F)cc2)c2cccnc12. The molecular formula is C18H15F3N2O2S. The molecular weight excluding hydrogens is 365 g/mol. The van der Waals surface area contributed by atoms with Crippen molar-refractivity contribution in [1.29, 1.82) is 0 Å². The van der Waals surface area contributed by atoms with Crippen molar-refractivity contribution >= 4 is 20.9 Å². The number of nitrogens with one attached hydrogen (secondary N) is 1. The average molecular weight is 380 g/mol. The van der Waals surface area contributed by atoms with E-state index < -0.39 is 21.8 Å². The fraction of sp³-hybridized carbons (Fsp3) is 0.167. The molecule has 0 amide bonds. The van der Waals surface area contributed by atoms with E-state index in [-0.39, 0.29) is 11.4 Å². The number of hydrogen-bond donors (Lipinski definition) is 1. The number of fused-ring (bicyclic) bond motifs is 1. The Bertz CT molecular complexity index is 1050. The first-order valence-electron chi connectivity index (χ1n) is 7.68. The fourth-order valence-electron chi connectivity index (χ4n) is 2.59. The summed E-state index contributed by atoms with van der Waals surface area (Å²) in [7, 11) is -3.85. The van der Waals surface area contributed by atoms with E-state index in [1.54, 1.807) is 24.4 Å². The molecule has 2 aromatic carbocycles. The number of alkyl halides is 3. The fourth-order valence-corrected chi connectivity index (χ4v) is 3.80. The van der Waals surface area contributed by atoms with E-state index in [9.17, 15) is 21.6 Å². The second-order valence-electron chi connectivity index (χ2n) is 5.80. The summed E-state index contributed by atoms with van der Waals surface area (Å²) in [6, 6.07) is 10.8. The molecule has 136 valence electrons. The van der Waals surface area contributed by atoms with Gasteiger partial charge in [-0.1, -0.05) is 18.2 Å². The van der Waals surface area contributed by atoms with Crippen LogP contribution in [0, 0.1) is 6.92 Å². The maximum Gasteiger partial charge on any atom is 0.416 e. The minimum absolute atomic E-state index is 0.0816. The molecule has 8 heteroatoms. The van der Waals surface area contributed by atoms with Crippen LogP contribution in [-0.2, 0) is 22.7 Å². The van der Waals surface area contributed by atoms with Gasteiger partial charge in [0.05, 0.1) is 16.0 Å². The summed E-state index contributed by atoms with van der Waals surface area (Å²) in [5, 5.41) is 0.493. The third kappa shape index (κ3) is 3.71. The topological polar surface area (TPSA) is 59.1 Å². The quantitative estimate of drug-likeness (QED) is 0.743. The number of halogens is 3. The highest BCUT2D eigenvalue weighted by Gasteiger charge is 2.30. The lowest BCUT2D eigenvalue weighted by Gasteiger charge is -2.11.